The Morgan fingerprint density at radius 3 is 2.67 bits per heavy atom. The first-order chi connectivity index (χ1) is 11.5. The van der Waals surface area contributed by atoms with E-state index in [1.165, 1.54) is 6.07 Å². The molecular weight excluding hydrogens is 307 g/mol. The van der Waals surface area contributed by atoms with Gasteiger partial charge in [-0.05, 0) is 56.7 Å². The lowest BCUT2D eigenvalue weighted by molar-refractivity contribution is 0.102. The summed E-state index contributed by atoms with van der Waals surface area (Å²) in [7, 11) is 0. The maximum atomic E-state index is 13.9. The van der Waals surface area contributed by atoms with Crippen LogP contribution in [0.4, 0.5) is 10.1 Å². The smallest absolute Gasteiger partial charge is 0.257 e. The highest BCUT2D eigenvalue weighted by Crippen LogP contribution is 2.21. The summed E-state index contributed by atoms with van der Waals surface area (Å²) in [6.07, 6.45) is 1.62. The van der Waals surface area contributed by atoms with Crippen molar-refractivity contribution in [3.8, 4) is 0 Å². The highest BCUT2D eigenvalue weighted by molar-refractivity contribution is 6.05. The summed E-state index contributed by atoms with van der Waals surface area (Å²) in [5.41, 5.74) is 3.27. The van der Waals surface area contributed by atoms with E-state index in [-0.39, 0.29) is 11.6 Å². The number of hydrogen-bond donors (Lipinski definition) is 1. The molecule has 3 rings (SSSR count). The molecule has 5 heteroatoms. The normalized spacial score (nSPS) is 10.8. The Morgan fingerprint density at radius 1 is 1.21 bits per heavy atom. The van der Waals surface area contributed by atoms with Gasteiger partial charge in [-0.3, -0.25) is 4.79 Å². The van der Waals surface area contributed by atoms with Crippen molar-refractivity contribution in [3.05, 3.63) is 76.8 Å². The van der Waals surface area contributed by atoms with Crippen LogP contribution in [0.5, 0.6) is 0 Å². The van der Waals surface area contributed by atoms with Crippen molar-refractivity contribution in [2.24, 2.45) is 0 Å². The fourth-order valence-corrected chi connectivity index (χ4v) is 2.74. The van der Waals surface area contributed by atoms with Crippen LogP contribution < -0.4 is 5.32 Å². The van der Waals surface area contributed by atoms with Crippen LogP contribution in [-0.2, 0) is 6.54 Å². The van der Waals surface area contributed by atoms with E-state index in [0.717, 1.165) is 22.7 Å². The second-order valence-electron chi connectivity index (χ2n) is 5.89. The van der Waals surface area contributed by atoms with Gasteiger partial charge in [-0.15, -0.1) is 0 Å². The molecule has 2 aromatic heterocycles. The van der Waals surface area contributed by atoms with Gasteiger partial charge in [0.15, 0.2) is 0 Å². The van der Waals surface area contributed by atoms with Gasteiger partial charge in [0.1, 0.15) is 11.6 Å². The molecule has 0 aliphatic heterocycles. The lowest BCUT2D eigenvalue weighted by atomic mass is 10.2. The van der Waals surface area contributed by atoms with Crippen LogP contribution >= 0.6 is 0 Å². The molecule has 0 radical (unpaired) electrons. The number of rotatable bonds is 4. The summed E-state index contributed by atoms with van der Waals surface area (Å²) in [6, 6.07) is 10.3. The van der Waals surface area contributed by atoms with Crippen molar-refractivity contribution >= 4 is 11.6 Å². The Balaban J connectivity index is 1.85. The van der Waals surface area contributed by atoms with E-state index in [1.54, 1.807) is 31.4 Å². The predicted molar refractivity (Wildman–Crippen MR) is 90.8 cm³/mol. The van der Waals surface area contributed by atoms with Crippen molar-refractivity contribution in [1.29, 1.82) is 0 Å². The van der Waals surface area contributed by atoms with Gasteiger partial charge < -0.3 is 14.3 Å². The van der Waals surface area contributed by atoms with Gasteiger partial charge in [-0.2, -0.15) is 0 Å². The average molecular weight is 326 g/mol. The first kappa shape index (κ1) is 16.1. The molecule has 24 heavy (non-hydrogen) atoms. The molecule has 0 saturated heterocycles. The zero-order valence-electron chi connectivity index (χ0n) is 13.9. The summed E-state index contributed by atoms with van der Waals surface area (Å²) >= 11 is 0. The standard InChI is InChI=1S/C19H19FN2O2/c1-12-6-7-18(17(20)9-12)21-19(23)16-10-13(2)22(14(16)3)11-15-5-4-8-24-15/h4-10H,11H2,1-3H3,(H,21,23). The monoisotopic (exact) mass is 326 g/mol. The number of aryl methyl sites for hydroxylation is 2. The molecule has 1 aromatic carbocycles. The fourth-order valence-electron chi connectivity index (χ4n) is 2.74. The third kappa shape index (κ3) is 3.11. The molecule has 0 fully saturated rings. The largest absolute Gasteiger partial charge is 0.467 e. The summed E-state index contributed by atoms with van der Waals surface area (Å²) in [5.74, 6) is 0.0534. The van der Waals surface area contributed by atoms with Gasteiger partial charge in [-0.1, -0.05) is 6.07 Å². The van der Waals surface area contributed by atoms with Crippen LogP contribution in [0.2, 0.25) is 0 Å². The van der Waals surface area contributed by atoms with Gasteiger partial charge in [0.2, 0.25) is 0 Å². The number of nitrogens with one attached hydrogen (secondary N) is 1. The number of amides is 1. The average Bonchev–Trinajstić information content (AvgIpc) is 3.14. The molecule has 1 amide bonds. The molecule has 0 bridgehead atoms. The number of nitrogens with zero attached hydrogens (tertiary/aromatic N) is 1. The van der Waals surface area contributed by atoms with Crippen molar-refractivity contribution < 1.29 is 13.6 Å². The molecule has 0 spiro atoms. The molecule has 0 aliphatic carbocycles. The molecule has 0 aliphatic rings. The minimum absolute atomic E-state index is 0.182. The molecule has 0 atom stereocenters. The topological polar surface area (TPSA) is 47.2 Å². The number of carbonyl (C=O) groups excluding carboxylic acids is 1. The first-order valence-corrected chi connectivity index (χ1v) is 7.72. The number of anilines is 1. The van der Waals surface area contributed by atoms with Crippen molar-refractivity contribution in [2.75, 3.05) is 5.32 Å². The zero-order chi connectivity index (χ0) is 17.3. The Hall–Kier alpha value is -2.82. The van der Waals surface area contributed by atoms with Crippen molar-refractivity contribution in [3.63, 3.8) is 0 Å². The number of benzene rings is 1. The maximum Gasteiger partial charge on any atom is 0.257 e. The number of furan rings is 1. The quantitative estimate of drug-likeness (QED) is 0.770. The SMILES string of the molecule is Cc1ccc(NC(=O)c2cc(C)n(Cc3ccco3)c2C)c(F)c1. The first-order valence-electron chi connectivity index (χ1n) is 7.72. The number of hydrogen-bond acceptors (Lipinski definition) is 2. The van der Waals surface area contributed by atoms with Gasteiger partial charge >= 0.3 is 0 Å². The van der Waals surface area contributed by atoms with Crippen LogP contribution in [0, 0.1) is 26.6 Å². The van der Waals surface area contributed by atoms with E-state index in [2.05, 4.69) is 5.32 Å². The third-order valence-corrected chi connectivity index (χ3v) is 4.09. The summed E-state index contributed by atoms with van der Waals surface area (Å²) < 4.78 is 21.3. The molecule has 3 aromatic rings. The van der Waals surface area contributed by atoms with Gasteiger partial charge in [-0.25, -0.2) is 4.39 Å². The third-order valence-electron chi connectivity index (χ3n) is 4.09. The van der Waals surface area contributed by atoms with Crippen LogP contribution in [0.3, 0.4) is 0 Å². The van der Waals surface area contributed by atoms with Crippen molar-refractivity contribution in [2.45, 2.75) is 27.3 Å². The van der Waals surface area contributed by atoms with Crippen LogP contribution in [-0.4, -0.2) is 10.5 Å². The zero-order valence-corrected chi connectivity index (χ0v) is 13.9. The Bertz CT molecular complexity index is 879. The molecular formula is C19H19FN2O2. The highest BCUT2D eigenvalue weighted by atomic mass is 19.1. The van der Waals surface area contributed by atoms with E-state index in [9.17, 15) is 9.18 Å². The van der Waals surface area contributed by atoms with Crippen LogP contribution in [0.15, 0.2) is 47.1 Å². The minimum Gasteiger partial charge on any atom is -0.467 e. The van der Waals surface area contributed by atoms with E-state index < -0.39 is 5.82 Å². The number of aromatic nitrogens is 1. The minimum atomic E-state index is -0.437. The van der Waals surface area contributed by atoms with E-state index in [4.69, 9.17) is 4.42 Å². The number of carbonyl (C=O) groups is 1. The molecule has 0 unspecified atom stereocenters. The summed E-state index contributed by atoms with van der Waals surface area (Å²) in [5, 5.41) is 2.64. The Morgan fingerprint density at radius 2 is 2.00 bits per heavy atom. The van der Waals surface area contributed by atoms with Crippen molar-refractivity contribution in [1.82, 2.24) is 4.57 Å². The van der Waals surface area contributed by atoms with E-state index in [1.807, 2.05) is 30.5 Å². The molecule has 2 heterocycles. The highest BCUT2D eigenvalue weighted by Gasteiger charge is 2.17. The van der Waals surface area contributed by atoms with Gasteiger partial charge in [0.05, 0.1) is 24.1 Å². The second-order valence-corrected chi connectivity index (χ2v) is 5.89. The van der Waals surface area contributed by atoms with Gasteiger partial charge in [0, 0.05) is 11.4 Å². The Kier molecular flexibility index (Phi) is 4.25. The fraction of sp³-hybridized carbons (Fsp3) is 0.211. The van der Waals surface area contributed by atoms with E-state index in [0.29, 0.717) is 12.1 Å². The van der Waals surface area contributed by atoms with Gasteiger partial charge in [0.25, 0.3) is 5.91 Å². The van der Waals surface area contributed by atoms with E-state index >= 15 is 0 Å². The maximum absolute atomic E-state index is 13.9. The predicted octanol–water partition coefficient (Wildman–Crippen LogP) is 4.45. The summed E-state index contributed by atoms with van der Waals surface area (Å²) in [6.45, 7) is 6.16. The number of halogens is 1. The van der Waals surface area contributed by atoms with Crippen LogP contribution in [0.1, 0.15) is 33.1 Å². The summed E-state index contributed by atoms with van der Waals surface area (Å²) in [4.78, 5) is 12.5. The lowest BCUT2D eigenvalue weighted by Gasteiger charge is -2.09. The molecule has 124 valence electrons. The second kappa shape index (κ2) is 6.35. The van der Waals surface area contributed by atoms with Crippen LogP contribution in [0.25, 0.3) is 0 Å². The molecule has 1 N–H and O–H groups in total. The molecule has 0 saturated carbocycles. The lowest BCUT2D eigenvalue weighted by Crippen LogP contribution is -2.14. The molecule has 4 nitrogen and oxygen atoms in total. The Labute approximate surface area is 139 Å².